The number of fused-ring (bicyclic) bond motifs is 3. The molecule has 3 aliphatic heterocycles. The molecule has 0 bridgehead atoms. The molecule has 3 N–H and O–H groups in total. The number of nitrogens with zero attached hydrogens (tertiary/aromatic N) is 9. The van der Waals surface area contributed by atoms with E-state index in [9.17, 15) is 27.6 Å². The molecule has 28 heteroatoms. The molecule has 0 aliphatic carbocycles. The quantitative estimate of drug-likeness (QED) is 0.105. The smallest absolute Gasteiger partial charge is 0.260 e. The van der Waals surface area contributed by atoms with Gasteiger partial charge in [-0.3, -0.25) is 28.3 Å². The van der Waals surface area contributed by atoms with Crippen molar-refractivity contribution in [1.82, 2.24) is 33.4 Å². The number of amides is 4. The van der Waals surface area contributed by atoms with Gasteiger partial charge in [0.2, 0.25) is 23.8 Å². The molecule has 9 aromatic rings. The molecule has 0 saturated carbocycles. The lowest BCUT2D eigenvalue weighted by Crippen LogP contribution is -2.45. The monoisotopic (exact) mass is 1620 g/mol. The zero-order valence-electron chi connectivity index (χ0n) is 46.4. The number of anilines is 6. The van der Waals surface area contributed by atoms with E-state index >= 15 is 0 Å². The number of hydrogen-bond acceptors (Lipinski definition) is 9. The van der Waals surface area contributed by atoms with Gasteiger partial charge >= 0.3 is 0 Å². The Labute approximate surface area is 575 Å². The highest BCUT2D eigenvalue weighted by Gasteiger charge is 2.53. The van der Waals surface area contributed by atoms with Gasteiger partial charge in [-0.15, -0.1) is 0 Å². The number of hydrogen-bond donors (Lipinski definition) is 2. The molecule has 12 rings (SSSR count). The molecule has 0 saturated heterocycles. The van der Waals surface area contributed by atoms with Gasteiger partial charge in [0, 0.05) is 75.2 Å². The Kier molecular flexibility index (Phi) is 19.2. The number of nitrogens with one attached hydrogen (secondary N) is 1. The van der Waals surface area contributed by atoms with Crippen molar-refractivity contribution in [2.45, 2.75) is 74.6 Å². The largest absolute Gasteiger partial charge is 0.368 e. The van der Waals surface area contributed by atoms with Crippen molar-refractivity contribution in [2.24, 2.45) is 5.73 Å². The fourth-order valence-electron chi connectivity index (χ4n) is 10.7. The number of primary amides is 1. The molecular formula is C60H47Br3Cl6IN11O6S. The maximum Gasteiger partial charge on any atom is 0.260 e. The lowest BCUT2D eigenvalue weighted by Gasteiger charge is -2.27. The second-order valence-corrected chi connectivity index (χ2v) is 29.5. The minimum Gasteiger partial charge on any atom is -0.368 e. The van der Waals surface area contributed by atoms with E-state index in [1.807, 2.05) is 102 Å². The highest BCUT2D eigenvalue weighted by atomic mass is 127. The third kappa shape index (κ3) is 13.0. The Morgan fingerprint density at radius 1 is 0.545 bits per heavy atom. The van der Waals surface area contributed by atoms with Gasteiger partial charge in [0.15, 0.2) is 5.03 Å². The zero-order chi connectivity index (χ0) is 63.5. The summed E-state index contributed by atoms with van der Waals surface area (Å²) in [6.45, 7) is 6.82. The summed E-state index contributed by atoms with van der Waals surface area (Å²) in [5.74, 6) is -0.207. The topological polar surface area (TPSA) is 204 Å². The molecule has 4 amide bonds. The average Bonchev–Trinajstić information content (AvgIpc) is 1.65. The second kappa shape index (κ2) is 25.7. The van der Waals surface area contributed by atoms with Gasteiger partial charge in [-0.05, 0) is 158 Å². The standard InChI is InChI=1S/C22H20BrCl2N5O4S.C19H13BrCl2IN3O.C19H14BrCl2N3O/c1-12(19(26)31)28-35(33,34)18-11-27-21-29(17-8-15(24)7-16(25)9-17)20(32)22(2,30(18)21)10-13-3-5-14(23)6-4-13;1-19(9-11-2-4-12(20)5-3-11)17(27)25(18-24-10-16(23)26(18)19)15-7-13(21)6-14(22)8-15;1-19(11-12-2-4-13(20)5-3-12)17(26)25(18-23-6-7-24(18)19)16-9-14(21)8-15(22)10-16/h3-9,11-12,28H,10H2,1-2H3,(H2,26,31);2-8,10H,9H2,1H3;2-10H,11H2,1H3/t12-,22+;2*19-/m011/s1. The predicted molar refractivity (Wildman–Crippen MR) is 364 cm³/mol. The summed E-state index contributed by atoms with van der Waals surface area (Å²) in [5.41, 5.74) is 6.74. The van der Waals surface area contributed by atoms with Gasteiger partial charge in [0.05, 0.1) is 35.5 Å². The molecule has 6 heterocycles. The van der Waals surface area contributed by atoms with E-state index in [1.54, 1.807) is 65.5 Å². The first-order valence-corrected chi connectivity index (χ1v) is 33.5. The molecule has 0 spiro atoms. The van der Waals surface area contributed by atoms with Gasteiger partial charge in [-0.1, -0.05) is 154 Å². The van der Waals surface area contributed by atoms with Crippen LogP contribution in [0, 0.1) is 3.70 Å². The molecular weight excluding hydrogens is 1580 g/mol. The van der Waals surface area contributed by atoms with Crippen molar-refractivity contribution >= 4 is 209 Å². The molecule has 454 valence electrons. The zero-order valence-corrected chi connectivity index (χ0v) is 58.6. The van der Waals surface area contributed by atoms with E-state index in [4.69, 9.17) is 75.3 Å². The molecule has 88 heavy (non-hydrogen) atoms. The van der Waals surface area contributed by atoms with Gasteiger partial charge in [0.1, 0.15) is 20.3 Å². The Bertz CT molecular complexity index is 4310. The van der Waals surface area contributed by atoms with Crippen molar-refractivity contribution < 1.29 is 27.6 Å². The van der Waals surface area contributed by atoms with E-state index in [-0.39, 0.29) is 29.2 Å². The molecule has 6 aromatic carbocycles. The van der Waals surface area contributed by atoms with Crippen molar-refractivity contribution in [3.8, 4) is 0 Å². The van der Waals surface area contributed by atoms with Crippen LogP contribution in [0.25, 0.3) is 0 Å². The van der Waals surface area contributed by atoms with Crippen molar-refractivity contribution in [2.75, 3.05) is 14.7 Å². The number of halogens is 10. The summed E-state index contributed by atoms with van der Waals surface area (Å²) in [7, 11) is -4.29. The maximum absolute atomic E-state index is 13.9. The normalized spacial score (nSPS) is 18.8. The number of nitrogens with two attached hydrogens (primary N) is 1. The van der Waals surface area contributed by atoms with Crippen LogP contribution in [-0.2, 0) is 65.1 Å². The Morgan fingerprint density at radius 2 is 0.886 bits per heavy atom. The highest BCUT2D eigenvalue weighted by molar-refractivity contribution is 14.1. The van der Waals surface area contributed by atoms with E-state index < -0.39 is 44.5 Å². The SMILES string of the molecule is C[C@@]1(Cc2ccc(Br)cc2)C(=O)N(c2cc(Cl)cc(Cl)c2)c2ncc(I)n21.C[C@@]1(Cc2ccc(Br)cc2)C(=O)N(c2cc(Cl)cc(Cl)c2)c2nccn21.C[C@H](NS(=O)(=O)c1cnc2n1[C@](C)(Cc1ccc(Br)cc1)C(=O)N2c1cc(Cl)cc(Cl)c1)C(N)=O. The first-order valence-electron chi connectivity index (χ1n) is 26.3. The number of aromatic nitrogens is 6. The van der Waals surface area contributed by atoms with Crippen LogP contribution in [0.3, 0.4) is 0 Å². The van der Waals surface area contributed by atoms with Gasteiger partial charge in [-0.25, -0.2) is 38.1 Å². The Balaban J connectivity index is 0.000000148. The first-order chi connectivity index (χ1) is 41.5. The first kappa shape index (κ1) is 65.6. The molecule has 0 radical (unpaired) electrons. The van der Waals surface area contributed by atoms with Crippen LogP contribution in [0.2, 0.25) is 30.1 Å². The van der Waals surface area contributed by atoms with Crippen LogP contribution in [0.1, 0.15) is 44.4 Å². The third-order valence-corrected chi connectivity index (χ3v) is 20.0. The van der Waals surface area contributed by atoms with Crippen molar-refractivity contribution in [3.63, 3.8) is 0 Å². The molecule has 3 aliphatic rings. The minimum absolute atomic E-state index is 0.0650. The van der Waals surface area contributed by atoms with Crippen LogP contribution in [-0.4, -0.2) is 66.7 Å². The molecule has 4 atom stereocenters. The fraction of sp³-hybridized carbons (Fsp3) is 0.183. The van der Waals surface area contributed by atoms with Gasteiger partial charge in [0.25, 0.3) is 27.7 Å². The summed E-state index contributed by atoms with van der Waals surface area (Å²) in [6, 6.07) is 36.9. The highest BCUT2D eigenvalue weighted by Crippen LogP contribution is 2.47. The third-order valence-electron chi connectivity index (χ3n) is 14.9. The van der Waals surface area contributed by atoms with Gasteiger partial charge < -0.3 is 10.3 Å². The van der Waals surface area contributed by atoms with E-state index in [0.29, 0.717) is 71.9 Å². The predicted octanol–water partition coefficient (Wildman–Crippen LogP) is 15.5. The van der Waals surface area contributed by atoms with E-state index in [0.717, 1.165) is 40.0 Å². The van der Waals surface area contributed by atoms with Crippen LogP contribution in [0.5, 0.6) is 0 Å². The molecule has 0 fully saturated rings. The summed E-state index contributed by atoms with van der Waals surface area (Å²) in [6.07, 6.45) is 7.68. The number of benzene rings is 6. The number of carbonyl (C=O) groups is 4. The number of rotatable bonds is 13. The van der Waals surface area contributed by atoms with E-state index in [2.05, 4.69) is 90.1 Å². The number of sulfonamides is 1. The number of carbonyl (C=O) groups excluding carboxylic acids is 4. The van der Waals surface area contributed by atoms with Crippen LogP contribution in [0.15, 0.2) is 171 Å². The fourth-order valence-corrected chi connectivity index (χ4v) is 15.4. The van der Waals surface area contributed by atoms with Gasteiger partial charge in [-0.2, -0.15) is 4.72 Å². The molecule has 0 unspecified atom stereocenters. The molecule has 3 aromatic heterocycles. The minimum atomic E-state index is -4.29. The summed E-state index contributed by atoms with van der Waals surface area (Å²) >= 11 is 49.5. The number of imidazole rings is 3. The van der Waals surface area contributed by atoms with E-state index in [1.165, 1.54) is 34.6 Å². The Morgan fingerprint density at radius 3 is 1.28 bits per heavy atom. The van der Waals surface area contributed by atoms with Crippen molar-refractivity contribution in [3.05, 3.63) is 216 Å². The second-order valence-electron chi connectivity index (χ2n) is 21.3. The average molecular weight is 1630 g/mol. The lowest BCUT2D eigenvalue weighted by molar-refractivity contribution is -0.124. The summed E-state index contributed by atoms with van der Waals surface area (Å²) in [5, 5.41) is 2.19. The van der Waals surface area contributed by atoms with Crippen molar-refractivity contribution in [1.29, 1.82) is 0 Å². The lowest BCUT2D eigenvalue weighted by atomic mass is 9.92. The maximum atomic E-state index is 13.9. The summed E-state index contributed by atoms with van der Waals surface area (Å²) < 4.78 is 37.7. The van der Waals surface area contributed by atoms with Crippen LogP contribution in [0.4, 0.5) is 34.9 Å². The Hall–Kier alpha value is -5.35. The van der Waals surface area contributed by atoms with Crippen LogP contribution >= 0.6 is 140 Å². The van der Waals surface area contributed by atoms with Crippen LogP contribution < -0.4 is 25.2 Å². The summed E-state index contributed by atoms with van der Waals surface area (Å²) in [4.78, 5) is 70.0. The molecule has 17 nitrogen and oxygen atoms in total.